The maximum atomic E-state index is 5.94. The summed E-state index contributed by atoms with van der Waals surface area (Å²) in [6.07, 6.45) is 0. The smallest absolute Gasteiger partial charge is 0.0577 e. The lowest BCUT2D eigenvalue weighted by Crippen LogP contribution is -2.45. The van der Waals surface area contributed by atoms with Crippen molar-refractivity contribution in [3.05, 3.63) is 23.8 Å². The zero-order valence-electron chi connectivity index (χ0n) is 11.4. The standard InChI is InChI=1S/C14H24N4/c1-12-3-4-13(15)14(11-12)16-5-6-18-9-7-17(2)8-10-18/h3-4,11,16H,5-10,15H2,1-2H3. The van der Waals surface area contributed by atoms with Crippen molar-refractivity contribution in [1.29, 1.82) is 0 Å². The van der Waals surface area contributed by atoms with Gasteiger partial charge in [-0.1, -0.05) is 6.07 Å². The summed E-state index contributed by atoms with van der Waals surface area (Å²) in [7, 11) is 2.18. The Morgan fingerprint density at radius 1 is 1.22 bits per heavy atom. The molecule has 18 heavy (non-hydrogen) atoms. The van der Waals surface area contributed by atoms with Gasteiger partial charge in [-0.25, -0.2) is 0 Å². The lowest BCUT2D eigenvalue weighted by Gasteiger charge is -2.32. The first kappa shape index (κ1) is 13.2. The fourth-order valence-electron chi connectivity index (χ4n) is 2.24. The van der Waals surface area contributed by atoms with Crippen molar-refractivity contribution < 1.29 is 0 Å². The van der Waals surface area contributed by atoms with Gasteiger partial charge in [0.25, 0.3) is 0 Å². The summed E-state index contributed by atoms with van der Waals surface area (Å²) >= 11 is 0. The monoisotopic (exact) mass is 248 g/mol. The second-order valence-electron chi connectivity index (χ2n) is 5.16. The van der Waals surface area contributed by atoms with Crippen molar-refractivity contribution in [1.82, 2.24) is 9.80 Å². The summed E-state index contributed by atoms with van der Waals surface area (Å²) in [6, 6.07) is 6.12. The van der Waals surface area contributed by atoms with Gasteiger partial charge in [-0.3, -0.25) is 4.90 Å². The van der Waals surface area contributed by atoms with E-state index in [9.17, 15) is 0 Å². The van der Waals surface area contributed by atoms with Gasteiger partial charge in [0, 0.05) is 39.3 Å². The van der Waals surface area contributed by atoms with Crippen LogP contribution in [0.3, 0.4) is 0 Å². The molecule has 0 atom stereocenters. The fourth-order valence-corrected chi connectivity index (χ4v) is 2.24. The topological polar surface area (TPSA) is 44.5 Å². The number of nitrogens with one attached hydrogen (secondary N) is 1. The molecule has 0 spiro atoms. The van der Waals surface area contributed by atoms with Gasteiger partial charge in [0.15, 0.2) is 0 Å². The van der Waals surface area contributed by atoms with Crippen LogP contribution in [0.15, 0.2) is 18.2 Å². The number of nitrogens with zero attached hydrogens (tertiary/aromatic N) is 2. The zero-order valence-corrected chi connectivity index (χ0v) is 11.4. The first-order chi connectivity index (χ1) is 8.65. The number of rotatable bonds is 4. The minimum Gasteiger partial charge on any atom is -0.397 e. The molecule has 0 unspecified atom stereocenters. The Labute approximate surface area is 110 Å². The van der Waals surface area contributed by atoms with Crippen molar-refractivity contribution in [3.63, 3.8) is 0 Å². The molecular weight excluding hydrogens is 224 g/mol. The van der Waals surface area contributed by atoms with Crippen LogP contribution in [0.4, 0.5) is 11.4 Å². The molecule has 1 aliphatic rings. The molecule has 1 aliphatic heterocycles. The van der Waals surface area contributed by atoms with E-state index in [1.165, 1.54) is 31.7 Å². The largest absolute Gasteiger partial charge is 0.397 e. The lowest BCUT2D eigenvalue weighted by atomic mass is 10.2. The predicted molar refractivity (Wildman–Crippen MR) is 78.0 cm³/mol. The average molecular weight is 248 g/mol. The Bertz CT molecular complexity index is 383. The van der Waals surface area contributed by atoms with E-state index in [0.717, 1.165) is 24.5 Å². The molecule has 0 amide bonds. The maximum absolute atomic E-state index is 5.94. The summed E-state index contributed by atoms with van der Waals surface area (Å²) in [5, 5.41) is 3.43. The molecule has 2 rings (SSSR count). The van der Waals surface area contributed by atoms with Gasteiger partial charge < -0.3 is 16.0 Å². The van der Waals surface area contributed by atoms with Crippen LogP contribution in [0.2, 0.25) is 0 Å². The van der Waals surface area contributed by atoms with Crippen LogP contribution in [0.5, 0.6) is 0 Å². The Hall–Kier alpha value is -1.26. The molecule has 0 aliphatic carbocycles. The van der Waals surface area contributed by atoms with Crippen LogP contribution >= 0.6 is 0 Å². The van der Waals surface area contributed by atoms with Gasteiger partial charge in [0.1, 0.15) is 0 Å². The molecule has 4 nitrogen and oxygen atoms in total. The van der Waals surface area contributed by atoms with Crippen LogP contribution in [0, 0.1) is 6.92 Å². The number of anilines is 2. The van der Waals surface area contributed by atoms with Gasteiger partial charge in [-0.15, -0.1) is 0 Å². The highest BCUT2D eigenvalue weighted by Crippen LogP contribution is 2.19. The van der Waals surface area contributed by atoms with Crippen LogP contribution in [0.1, 0.15) is 5.56 Å². The molecule has 0 aromatic heterocycles. The third kappa shape index (κ3) is 3.62. The fraction of sp³-hybridized carbons (Fsp3) is 0.571. The van der Waals surface area contributed by atoms with Gasteiger partial charge >= 0.3 is 0 Å². The van der Waals surface area contributed by atoms with Crippen molar-refractivity contribution in [2.45, 2.75) is 6.92 Å². The molecule has 100 valence electrons. The summed E-state index contributed by atoms with van der Waals surface area (Å²) in [6.45, 7) is 8.81. The number of nitrogens with two attached hydrogens (primary N) is 1. The number of hydrogen-bond donors (Lipinski definition) is 2. The second-order valence-corrected chi connectivity index (χ2v) is 5.16. The average Bonchev–Trinajstić information content (AvgIpc) is 2.36. The number of nitrogen functional groups attached to an aromatic ring is 1. The van der Waals surface area contributed by atoms with Gasteiger partial charge in [0.05, 0.1) is 11.4 Å². The van der Waals surface area contributed by atoms with E-state index in [0.29, 0.717) is 0 Å². The molecule has 0 bridgehead atoms. The Morgan fingerprint density at radius 3 is 2.67 bits per heavy atom. The summed E-state index contributed by atoms with van der Waals surface area (Å²) < 4.78 is 0. The Balaban J connectivity index is 1.76. The maximum Gasteiger partial charge on any atom is 0.0577 e. The molecular formula is C14H24N4. The summed E-state index contributed by atoms with van der Waals surface area (Å²) in [5.41, 5.74) is 9.08. The number of piperazine rings is 1. The molecule has 1 aromatic carbocycles. The van der Waals surface area contributed by atoms with E-state index in [2.05, 4.69) is 35.2 Å². The van der Waals surface area contributed by atoms with Crippen LogP contribution in [-0.4, -0.2) is 56.1 Å². The van der Waals surface area contributed by atoms with E-state index in [4.69, 9.17) is 5.73 Å². The van der Waals surface area contributed by atoms with Gasteiger partial charge in [0.2, 0.25) is 0 Å². The molecule has 1 heterocycles. The van der Waals surface area contributed by atoms with E-state index < -0.39 is 0 Å². The van der Waals surface area contributed by atoms with Crippen molar-refractivity contribution in [2.24, 2.45) is 0 Å². The van der Waals surface area contributed by atoms with Gasteiger partial charge in [-0.2, -0.15) is 0 Å². The molecule has 1 saturated heterocycles. The highest BCUT2D eigenvalue weighted by Gasteiger charge is 2.12. The predicted octanol–water partition coefficient (Wildman–Crippen LogP) is 1.24. The Kier molecular flexibility index (Phi) is 4.44. The first-order valence-electron chi connectivity index (χ1n) is 6.66. The quantitative estimate of drug-likeness (QED) is 0.787. The summed E-state index contributed by atoms with van der Waals surface area (Å²) in [5.74, 6) is 0. The van der Waals surface area contributed by atoms with Crippen molar-refractivity contribution >= 4 is 11.4 Å². The van der Waals surface area contributed by atoms with E-state index >= 15 is 0 Å². The number of benzene rings is 1. The molecule has 0 saturated carbocycles. The highest BCUT2D eigenvalue weighted by atomic mass is 15.2. The Morgan fingerprint density at radius 2 is 1.94 bits per heavy atom. The van der Waals surface area contributed by atoms with Gasteiger partial charge in [-0.05, 0) is 31.7 Å². The third-order valence-corrected chi connectivity index (χ3v) is 3.55. The molecule has 1 aromatic rings. The third-order valence-electron chi connectivity index (χ3n) is 3.55. The highest BCUT2D eigenvalue weighted by molar-refractivity contribution is 5.66. The summed E-state index contributed by atoms with van der Waals surface area (Å²) in [4.78, 5) is 4.88. The lowest BCUT2D eigenvalue weighted by molar-refractivity contribution is 0.158. The van der Waals surface area contributed by atoms with Crippen LogP contribution < -0.4 is 11.1 Å². The zero-order chi connectivity index (χ0) is 13.0. The van der Waals surface area contributed by atoms with E-state index in [1.807, 2.05) is 12.1 Å². The SMILES string of the molecule is Cc1ccc(N)c(NCCN2CCN(C)CC2)c1. The number of aryl methyl sites for hydroxylation is 1. The number of hydrogen-bond acceptors (Lipinski definition) is 4. The van der Waals surface area contributed by atoms with Crippen molar-refractivity contribution in [3.8, 4) is 0 Å². The van der Waals surface area contributed by atoms with E-state index in [-0.39, 0.29) is 0 Å². The number of likely N-dealkylation sites (N-methyl/N-ethyl adjacent to an activating group) is 1. The van der Waals surface area contributed by atoms with Crippen LogP contribution in [0.25, 0.3) is 0 Å². The molecule has 3 N–H and O–H groups in total. The first-order valence-corrected chi connectivity index (χ1v) is 6.66. The van der Waals surface area contributed by atoms with Crippen LogP contribution in [-0.2, 0) is 0 Å². The molecule has 4 heteroatoms. The van der Waals surface area contributed by atoms with Crippen molar-refractivity contribution in [2.75, 3.05) is 57.4 Å². The minimum atomic E-state index is 0.832. The molecule has 0 radical (unpaired) electrons. The second kappa shape index (κ2) is 6.07. The van der Waals surface area contributed by atoms with E-state index in [1.54, 1.807) is 0 Å². The minimum absolute atomic E-state index is 0.832. The molecule has 1 fully saturated rings. The normalized spacial score (nSPS) is 17.9.